The summed E-state index contributed by atoms with van der Waals surface area (Å²) in [6, 6.07) is 6.57. The number of amides is 1. The van der Waals surface area contributed by atoms with Gasteiger partial charge >= 0.3 is 23.7 Å². The summed E-state index contributed by atoms with van der Waals surface area (Å²) in [7, 11) is -15.9. The summed E-state index contributed by atoms with van der Waals surface area (Å²) in [6.07, 6.45) is 2.59. The third kappa shape index (κ3) is 40.5. The van der Waals surface area contributed by atoms with Gasteiger partial charge in [-0.3, -0.25) is 42.2 Å². The van der Waals surface area contributed by atoms with Gasteiger partial charge in [-0.1, -0.05) is 54.7 Å². The molecule has 9 atom stereocenters. The number of aliphatic hydroxyl groups excluding tert-OH is 2. The van der Waals surface area contributed by atoms with Crippen molar-refractivity contribution in [2.24, 2.45) is 5.41 Å². The Labute approximate surface area is 756 Å². The molecular weight excluding hydrogens is 1830 g/mol. The number of unbranched alkanes of at least 4 members (excludes halogenated alkanes) is 5. The molecule has 7 rings (SSSR count). The zero-order chi connectivity index (χ0) is 93.6. The number of fused-ring (bicyclic) bond motifs is 5. The van der Waals surface area contributed by atoms with Gasteiger partial charge in [0.2, 0.25) is 5.60 Å². The summed E-state index contributed by atoms with van der Waals surface area (Å²) >= 11 is 0. The molecule has 4 N–H and O–H groups in total. The van der Waals surface area contributed by atoms with Crippen molar-refractivity contribution < 1.29 is 170 Å². The molecule has 1 saturated heterocycles. The Hall–Kier alpha value is -4.95. The molecule has 0 radical (unpaired) electrons. The average molecular weight is 1950 g/mol. The van der Waals surface area contributed by atoms with Crippen molar-refractivity contribution in [3.8, 4) is 17.1 Å². The fraction of sp³-hybridized carbons (Fsp3) is 0.734. The molecule has 129 heavy (non-hydrogen) atoms. The Morgan fingerprint density at radius 1 is 0.620 bits per heavy atom. The van der Waals surface area contributed by atoms with Gasteiger partial charge in [-0.15, -0.1) is 0 Å². The predicted octanol–water partition coefficient (Wildman–Crippen LogP) is 4.89. The molecule has 3 aliphatic rings. The van der Waals surface area contributed by atoms with Crippen molar-refractivity contribution in [2.45, 2.75) is 155 Å². The van der Waals surface area contributed by atoms with Gasteiger partial charge in [0, 0.05) is 72.0 Å². The molecule has 1 amide bonds. The topological polar surface area (TPSA) is 566 Å². The van der Waals surface area contributed by atoms with Gasteiger partial charge in [0.15, 0.2) is 0 Å². The molecule has 44 nitrogen and oxygen atoms in total. The molecule has 1 fully saturated rings. The first-order chi connectivity index (χ1) is 61.8. The van der Waals surface area contributed by atoms with Crippen LogP contribution in [0.4, 0.5) is 4.79 Å². The number of carbonyl (C=O) groups excluding carboxylic acids is 3. The van der Waals surface area contributed by atoms with Gasteiger partial charge in [-0.25, -0.2) is 19.4 Å². The highest BCUT2D eigenvalue weighted by atomic mass is 33.1. The highest BCUT2D eigenvalue weighted by Gasteiger charge is 2.52. The van der Waals surface area contributed by atoms with E-state index in [1.807, 2.05) is 28.5 Å². The molecule has 8 unspecified atom stereocenters. The predicted molar refractivity (Wildman–Crippen MR) is 457 cm³/mol. The number of H-pyrrole nitrogens is 1. The number of aryl methyl sites for hydroxylation is 2. The molecule has 1 aromatic carbocycles. The van der Waals surface area contributed by atoms with Crippen LogP contribution in [0.15, 0.2) is 44.8 Å². The molecule has 0 spiro atoms. The molecule has 0 saturated carbocycles. The van der Waals surface area contributed by atoms with Crippen LogP contribution in [0.1, 0.15) is 133 Å². The second-order valence-electron chi connectivity index (χ2n) is 30.1. The highest BCUT2D eigenvalue weighted by molar-refractivity contribution is 8.76. The maximum Gasteiger partial charge on any atom is 0.412 e. The first-order valence-electron chi connectivity index (χ1n) is 42.7. The molecule has 3 aliphatic heterocycles. The third-order valence-corrected chi connectivity index (χ3v) is 25.8. The number of hydrogen-bond acceptors (Lipinski definition) is 42. The first kappa shape index (κ1) is 111. The zero-order valence-corrected chi connectivity index (χ0v) is 78.9. The number of benzene rings is 1. The maximum absolute atomic E-state index is 14.3. The summed E-state index contributed by atoms with van der Waals surface area (Å²) in [6.45, 7) is 8.51. The van der Waals surface area contributed by atoms with Crippen molar-refractivity contribution in [3.63, 3.8) is 0 Å². The van der Waals surface area contributed by atoms with E-state index in [0.29, 0.717) is 29.7 Å². The van der Waals surface area contributed by atoms with Crippen LogP contribution in [0.3, 0.4) is 0 Å². The number of nitrogens with zero attached hydrogens (tertiary/aromatic N) is 3. The quantitative estimate of drug-likeness (QED) is 0.0174. The minimum absolute atomic E-state index is 0.0103. The molecule has 4 aromatic rings. The number of aliphatic hydroxyl groups is 2. The second-order valence-corrected chi connectivity index (χ2v) is 38.4. The van der Waals surface area contributed by atoms with Crippen LogP contribution in [0.2, 0.25) is 0 Å². The fourth-order valence-corrected chi connectivity index (χ4v) is 17.9. The van der Waals surface area contributed by atoms with Gasteiger partial charge in [-0.05, 0) is 96.4 Å². The van der Waals surface area contributed by atoms with E-state index >= 15 is 0 Å². The largest absolute Gasteiger partial charge is 0.756 e. The van der Waals surface area contributed by atoms with Gasteiger partial charge in [0.05, 0.1) is 226 Å². The highest BCUT2D eigenvalue weighted by Crippen LogP contribution is 2.46. The van der Waals surface area contributed by atoms with Crippen LogP contribution >= 0.6 is 52.9 Å². The zero-order valence-electron chi connectivity index (χ0n) is 73.7. The lowest BCUT2D eigenvalue weighted by molar-refractivity contribution is -0.240. The SMILES string of the molecule is CCc1c2c(nc3cc(OC(=O)NCCCOCC(COP(=O)([O-])OCCOCCOCCOCCOCCOCCOP(=O)([O-])OCCCCCCSSCCCCCO)OP(=O)([O-])OCCOCCOCCOCCOCCOCCOP(=O)([O-])OCC4OC(n5cc(C)c(=O)[nH]c5=O)CC4O)ccc13)-c1cc3c(c(=O)n1C2)COC(=O)[C@@]3(CC)OC(=O)C(C)(C)C. The number of aromatic amines is 1. The van der Waals surface area contributed by atoms with Crippen molar-refractivity contribution >= 4 is 81.8 Å². The van der Waals surface area contributed by atoms with E-state index in [-0.39, 0.29) is 227 Å². The van der Waals surface area contributed by atoms with Crippen LogP contribution in [0.5, 0.6) is 5.75 Å². The second kappa shape index (κ2) is 59.1. The van der Waals surface area contributed by atoms with E-state index in [0.717, 1.165) is 71.1 Å². The van der Waals surface area contributed by atoms with E-state index in [1.165, 1.54) is 13.1 Å². The normalized spacial score (nSPS) is 18.3. The Morgan fingerprint density at radius 2 is 1.12 bits per heavy atom. The monoisotopic (exact) mass is 1950 g/mol. The number of hydrogen-bond donors (Lipinski definition) is 4. The van der Waals surface area contributed by atoms with Crippen molar-refractivity contribution in [3.05, 3.63) is 89.5 Å². The summed E-state index contributed by atoms with van der Waals surface area (Å²) in [5.41, 5.74) is -1.03. The molecule has 0 bridgehead atoms. The smallest absolute Gasteiger partial charge is 0.412 e. The van der Waals surface area contributed by atoms with Gasteiger partial charge in [-0.2, -0.15) is 0 Å². The van der Waals surface area contributed by atoms with Crippen molar-refractivity contribution in [1.29, 1.82) is 0 Å². The summed E-state index contributed by atoms with van der Waals surface area (Å²) in [5, 5.41) is 22.6. The number of phosphoric acid groups is 4. The number of nitrogens with one attached hydrogen (secondary N) is 2. The minimum Gasteiger partial charge on any atom is -0.756 e. The number of aromatic nitrogens is 4. The number of ether oxygens (including phenoxy) is 15. The average Bonchev–Trinajstić information content (AvgIpc) is 1.62. The number of esters is 2. The lowest BCUT2D eigenvalue weighted by atomic mass is 9.84. The van der Waals surface area contributed by atoms with Crippen LogP contribution in [0, 0.1) is 12.3 Å². The van der Waals surface area contributed by atoms with Crippen molar-refractivity contribution in [2.75, 3.05) is 216 Å². The van der Waals surface area contributed by atoms with E-state index in [1.54, 1.807) is 56.5 Å². The van der Waals surface area contributed by atoms with Gasteiger partial charge < -0.3 is 147 Å². The van der Waals surface area contributed by atoms with E-state index in [9.17, 15) is 71.7 Å². The molecule has 3 aromatic heterocycles. The van der Waals surface area contributed by atoms with Crippen LogP contribution in [0.25, 0.3) is 22.3 Å². The number of rotatable bonds is 73. The lowest BCUT2D eigenvalue weighted by Crippen LogP contribution is -2.48. The Bertz CT molecular complexity index is 4430. The summed E-state index contributed by atoms with van der Waals surface area (Å²) in [5.74, 6) is 0.763. The molecular formula is C79H123N5O39P4S2-4. The number of pyridine rings is 2. The number of phosphoric ester groups is 4. The van der Waals surface area contributed by atoms with Crippen LogP contribution < -0.4 is 46.4 Å². The minimum atomic E-state index is -5.22. The van der Waals surface area contributed by atoms with Crippen LogP contribution in [-0.2, 0) is 156 Å². The Morgan fingerprint density at radius 3 is 1.65 bits per heavy atom. The van der Waals surface area contributed by atoms with Gasteiger partial charge in [0.1, 0.15) is 30.8 Å². The molecule has 734 valence electrons. The Balaban J connectivity index is 0.752. The van der Waals surface area contributed by atoms with Gasteiger partial charge in [0.25, 0.3) is 42.4 Å². The van der Waals surface area contributed by atoms with E-state index in [4.69, 9.17) is 117 Å². The third-order valence-electron chi connectivity index (χ3n) is 19.2. The molecule has 0 aliphatic carbocycles. The summed E-state index contributed by atoms with van der Waals surface area (Å²) in [4.78, 5) is 136. The standard InChI is InChI=1S/C79H127N5O39P4S2/c1-7-61-62-18-17-59(49-66(62)81-71-63(61)53-83-67(71)50-65-64(73(83)88)56-112-75(90)79(65,8-2)122-74(89)78(4,5)6)120-77(92)80-19-16-21-111-54-60(55-118-125(95,96)115-44-40-108-36-32-104-28-24-101-23-27-103-31-35-107-39-43-114-124(93,94)113-22-13-9-10-14-47-128-129-48-15-11-12-20-85)123-127(99,100)117-46-42-110-38-34-106-30-26-102-25-29-105-33-37-109-41-45-116-126(97,98)119-57-69-68(86)51-70(121-69)84-52-58(3)72(87)82-76(84)91/h17-18,49-50,52,60,68-70,85-86H,7-16,19-48,51,53-57H2,1-6H3,(H,80,92)(H,93,94)(H,95,96)(H,97,98)(H,99,100)(H,82,87,91)/p-4/t60?,68?,69?,70?,79-/m0/s1. The summed E-state index contributed by atoms with van der Waals surface area (Å²) < 4.78 is 175. The van der Waals surface area contributed by atoms with Crippen LogP contribution in [-0.4, -0.2) is 282 Å². The van der Waals surface area contributed by atoms with Crippen molar-refractivity contribution in [1.82, 2.24) is 24.4 Å². The molecule has 6 heterocycles. The first-order valence-corrected chi connectivity index (χ1v) is 51.0. The van der Waals surface area contributed by atoms with E-state index < -0.39 is 135 Å². The Kier molecular flexibility index (Phi) is 50.9. The fourth-order valence-electron chi connectivity index (χ4n) is 12.6. The lowest BCUT2D eigenvalue weighted by Gasteiger charge is -2.37. The number of carbonyl (C=O) groups is 3. The number of cyclic esters (lactones) is 1. The van der Waals surface area contributed by atoms with E-state index in [2.05, 4.69) is 10.3 Å². The maximum atomic E-state index is 14.3. The molecule has 50 heteroatoms.